The monoisotopic (exact) mass is 351 g/mol. The van der Waals surface area contributed by atoms with E-state index in [0.29, 0.717) is 12.5 Å². The molecule has 0 aromatic rings. The van der Waals surface area contributed by atoms with Crippen LogP contribution in [0.3, 0.4) is 0 Å². The molecule has 2 fully saturated rings. The molecule has 6 heteroatoms. The second kappa shape index (κ2) is 6.95. The molecule has 25 heavy (non-hydrogen) atoms. The molecule has 2 unspecified atom stereocenters. The van der Waals surface area contributed by atoms with Gasteiger partial charge in [0.25, 0.3) is 0 Å². The molecule has 0 aromatic heterocycles. The maximum absolute atomic E-state index is 12.3. The summed E-state index contributed by atoms with van der Waals surface area (Å²) in [6.07, 6.45) is 3.83. The van der Waals surface area contributed by atoms with Crippen LogP contribution in [0.5, 0.6) is 0 Å². The van der Waals surface area contributed by atoms with Crippen molar-refractivity contribution in [3.63, 3.8) is 0 Å². The summed E-state index contributed by atoms with van der Waals surface area (Å²) in [4.78, 5) is 14.1. The Bertz CT molecular complexity index is 508. The number of rotatable bonds is 2. The fourth-order valence-electron chi connectivity index (χ4n) is 3.19. The summed E-state index contributed by atoms with van der Waals surface area (Å²) in [6, 6.07) is 0.163. The molecule has 0 bridgehead atoms. The van der Waals surface area contributed by atoms with Crippen molar-refractivity contribution in [2.24, 2.45) is 5.92 Å². The first-order valence-corrected chi connectivity index (χ1v) is 9.34. The lowest BCUT2D eigenvalue weighted by Crippen LogP contribution is -2.46. The molecule has 0 spiro atoms. The van der Waals surface area contributed by atoms with Crippen molar-refractivity contribution in [1.29, 1.82) is 0 Å². The van der Waals surface area contributed by atoms with Crippen LogP contribution >= 0.6 is 0 Å². The molecule has 0 aliphatic carbocycles. The smallest absolute Gasteiger partial charge is 0.444 e. The van der Waals surface area contributed by atoms with Crippen LogP contribution in [0.1, 0.15) is 68.2 Å². The average Bonchev–Trinajstić information content (AvgIpc) is 2.62. The van der Waals surface area contributed by atoms with Gasteiger partial charge in [0, 0.05) is 12.6 Å². The van der Waals surface area contributed by atoms with E-state index in [-0.39, 0.29) is 30.5 Å². The maximum Gasteiger partial charge on any atom is 0.486 e. The lowest BCUT2D eigenvalue weighted by Gasteiger charge is -2.37. The standard InChI is InChI=1S/C19H34BNO4/c1-14-13-15(10-12-21(14)16(22)23-17(2,3)4)9-11-20-24-18(5,6)19(7,8)25-20/h9,11,14-15H,10,12-13H2,1-8H3/b11-9+. The molecule has 2 heterocycles. The molecule has 2 aliphatic rings. The van der Waals surface area contributed by atoms with Gasteiger partial charge in [-0.25, -0.2) is 4.79 Å². The van der Waals surface area contributed by atoms with Gasteiger partial charge in [0.2, 0.25) is 0 Å². The normalized spacial score (nSPS) is 29.3. The molecule has 5 nitrogen and oxygen atoms in total. The molecular weight excluding hydrogens is 317 g/mol. The summed E-state index contributed by atoms with van der Waals surface area (Å²) in [5, 5.41) is 0. The number of likely N-dealkylation sites (tertiary alicyclic amines) is 1. The van der Waals surface area contributed by atoms with Crippen molar-refractivity contribution in [2.75, 3.05) is 6.54 Å². The summed E-state index contributed by atoms with van der Waals surface area (Å²) in [5.74, 6) is 2.45. The first-order chi connectivity index (χ1) is 11.3. The predicted molar refractivity (Wildman–Crippen MR) is 100 cm³/mol. The van der Waals surface area contributed by atoms with Gasteiger partial charge >= 0.3 is 13.2 Å². The van der Waals surface area contributed by atoms with Crippen molar-refractivity contribution < 1.29 is 18.8 Å². The second-order valence-corrected chi connectivity index (χ2v) is 9.32. The Morgan fingerprint density at radius 2 is 1.76 bits per heavy atom. The van der Waals surface area contributed by atoms with Crippen molar-refractivity contribution >= 4 is 13.2 Å². The molecule has 0 N–H and O–H groups in total. The Labute approximate surface area is 153 Å². The molecule has 2 rings (SSSR count). The quantitative estimate of drug-likeness (QED) is 0.699. The zero-order valence-corrected chi connectivity index (χ0v) is 17.1. The number of carbonyl (C=O) groups is 1. The third kappa shape index (κ3) is 5.01. The van der Waals surface area contributed by atoms with E-state index in [9.17, 15) is 4.79 Å². The van der Waals surface area contributed by atoms with Gasteiger partial charge in [-0.1, -0.05) is 12.1 Å². The number of piperidine rings is 1. The fourth-order valence-corrected chi connectivity index (χ4v) is 3.19. The van der Waals surface area contributed by atoms with E-state index in [1.807, 2.05) is 31.6 Å². The van der Waals surface area contributed by atoms with Crippen LogP contribution in [-0.2, 0) is 14.0 Å². The third-order valence-corrected chi connectivity index (χ3v) is 5.36. The summed E-state index contributed by atoms with van der Waals surface area (Å²) >= 11 is 0. The van der Waals surface area contributed by atoms with Crippen LogP contribution in [0.4, 0.5) is 4.79 Å². The molecule has 2 saturated heterocycles. The van der Waals surface area contributed by atoms with E-state index in [2.05, 4.69) is 40.7 Å². The first kappa shape index (κ1) is 20.3. The van der Waals surface area contributed by atoms with Crippen LogP contribution < -0.4 is 0 Å². The number of amides is 1. The van der Waals surface area contributed by atoms with Gasteiger partial charge in [-0.2, -0.15) is 0 Å². The summed E-state index contributed by atoms with van der Waals surface area (Å²) in [5.41, 5.74) is -1.07. The zero-order valence-electron chi connectivity index (χ0n) is 17.1. The van der Waals surface area contributed by atoms with Crippen molar-refractivity contribution in [3.8, 4) is 0 Å². The van der Waals surface area contributed by atoms with Gasteiger partial charge in [-0.05, 0) is 74.1 Å². The van der Waals surface area contributed by atoms with Crippen LogP contribution in [0, 0.1) is 5.92 Å². The highest BCUT2D eigenvalue weighted by Crippen LogP contribution is 2.37. The number of ether oxygens (including phenoxy) is 1. The molecule has 0 saturated carbocycles. The van der Waals surface area contributed by atoms with E-state index < -0.39 is 5.60 Å². The highest BCUT2D eigenvalue weighted by Gasteiger charge is 2.50. The van der Waals surface area contributed by atoms with Crippen LogP contribution in [0.2, 0.25) is 0 Å². The van der Waals surface area contributed by atoms with Crippen molar-refractivity contribution in [1.82, 2.24) is 4.90 Å². The van der Waals surface area contributed by atoms with Gasteiger partial charge in [-0.3, -0.25) is 0 Å². The highest BCUT2D eigenvalue weighted by atomic mass is 16.7. The Balaban J connectivity index is 1.88. The predicted octanol–water partition coefficient (Wildman–Crippen LogP) is 4.21. The Morgan fingerprint density at radius 3 is 2.24 bits per heavy atom. The molecule has 2 aliphatic heterocycles. The molecule has 1 amide bonds. The van der Waals surface area contributed by atoms with Crippen LogP contribution in [-0.4, -0.2) is 47.5 Å². The molecular formula is C19H34BNO4. The average molecular weight is 351 g/mol. The van der Waals surface area contributed by atoms with E-state index in [0.717, 1.165) is 12.8 Å². The van der Waals surface area contributed by atoms with E-state index >= 15 is 0 Å². The van der Waals surface area contributed by atoms with Gasteiger partial charge in [0.05, 0.1) is 11.2 Å². The lowest BCUT2D eigenvalue weighted by atomic mass is 9.84. The molecule has 2 atom stereocenters. The molecule has 0 aromatic carbocycles. The number of hydrogen-bond donors (Lipinski definition) is 0. The summed E-state index contributed by atoms with van der Waals surface area (Å²) < 4.78 is 17.5. The Kier molecular flexibility index (Phi) is 5.65. The summed E-state index contributed by atoms with van der Waals surface area (Å²) in [6.45, 7) is 16.7. The first-order valence-electron chi connectivity index (χ1n) is 9.34. The largest absolute Gasteiger partial charge is 0.486 e. The van der Waals surface area contributed by atoms with Crippen LogP contribution in [0.25, 0.3) is 0 Å². The Hall–Kier alpha value is -1.01. The molecule has 0 radical (unpaired) electrons. The highest BCUT2D eigenvalue weighted by molar-refractivity contribution is 6.51. The topological polar surface area (TPSA) is 48.0 Å². The second-order valence-electron chi connectivity index (χ2n) is 9.32. The third-order valence-electron chi connectivity index (χ3n) is 5.36. The number of nitrogens with zero attached hydrogens (tertiary/aromatic N) is 1. The SMILES string of the molecule is CC1CC(/C=C/B2OC(C)(C)C(C)(C)O2)CCN1C(=O)OC(C)(C)C. The minimum absolute atomic E-state index is 0.163. The van der Waals surface area contributed by atoms with Gasteiger partial charge < -0.3 is 18.9 Å². The minimum atomic E-state index is -0.454. The number of carbonyl (C=O) groups excluding carboxylic acids is 1. The zero-order chi connectivity index (χ0) is 19.0. The summed E-state index contributed by atoms with van der Waals surface area (Å²) in [7, 11) is -0.302. The number of allylic oxidation sites excluding steroid dienone is 1. The Morgan fingerprint density at radius 1 is 1.20 bits per heavy atom. The van der Waals surface area contributed by atoms with Gasteiger partial charge in [0.1, 0.15) is 5.60 Å². The maximum atomic E-state index is 12.3. The van der Waals surface area contributed by atoms with Gasteiger partial charge in [0.15, 0.2) is 0 Å². The van der Waals surface area contributed by atoms with E-state index in [1.165, 1.54) is 0 Å². The minimum Gasteiger partial charge on any atom is -0.444 e. The lowest BCUT2D eigenvalue weighted by molar-refractivity contribution is 0.00578. The van der Waals surface area contributed by atoms with Crippen molar-refractivity contribution in [2.45, 2.75) is 91.1 Å². The van der Waals surface area contributed by atoms with Gasteiger partial charge in [-0.15, -0.1) is 0 Å². The van der Waals surface area contributed by atoms with Crippen LogP contribution in [0.15, 0.2) is 12.1 Å². The number of hydrogen-bond acceptors (Lipinski definition) is 4. The van der Waals surface area contributed by atoms with E-state index in [4.69, 9.17) is 14.0 Å². The van der Waals surface area contributed by atoms with E-state index in [1.54, 1.807) is 0 Å². The van der Waals surface area contributed by atoms with Crippen molar-refractivity contribution in [3.05, 3.63) is 12.1 Å². The molecule has 142 valence electrons. The fraction of sp³-hybridized carbons (Fsp3) is 0.842.